The normalized spacial score (nSPS) is 13.7. The van der Waals surface area contributed by atoms with Crippen LogP contribution in [0.1, 0.15) is 0 Å². The molecule has 0 fully saturated rings. The topological polar surface area (TPSA) is 0 Å². The minimum absolute atomic E-state index is 0.755. The van der Waals surface area contributed by atoms with Crippen molar-refractivity contribution in [3.05, 3.63) is 0 Å². The van der Waals surface area contributed by atoms with Crippen LogP contribution in [0.5, 0.6) is 0 Å². The Balaban J connectivity index is 4.58. The predicted octanol–water partition coefficient (Wildman–Crippen LogP) is 1.70. The molecular weight excluding hydrogens is 238 g/mol. The molecule has 2 unspecified atom stereocenters. The van der Waals surface area contributed by atoms with Crippen molar-refractivity contribution in [1.29, 1.82) is 0 Å². The van der Waals surface area contributed by atoms with E-state index in [9.17, 15) is 0 Å². The van der Waals surface area contributed by atoms with Crippen molar-refractivity contribution in [3.63, 3.8) is 0 Å². The van der Waals surface area contributed by atoms with E-state index in [2.05, 4.69) is 11.4 Å². The fourth-order valence-electron chi connectivity index (χ4n) is 0. The summed E-state index contributed by atoms with van der Waals surface area (Å²) in [5, 5.41) is 0. The maximum absolute atomic E-state index is 5.01. The molecule has 0 aromatic carbocycles. The summed E-state index contributed by atoms with van der Waals surface area (Å²) in [5.41, 5.74) is 4.32. The zero-order valence-corrected chi connectivity index (χ0v) is 9.10. The van der Waals surface area contributed by atoms with Gasteiger partial charge in [0.05, 0.1) is 0 Å². The van der Waals surface area contributed by atoms with Crippen molar-refractivity contribution < 1.29 is 0 Å². The molecule has 0 spiro atoms. The fourth-order valence-corrected chi connectivity index (χ4v) is 0. The predicted molar refractivity (Wildman–Crippen MR) is 38.4 cm³/mol. The van der Waals surface area contributed by atoms with Crippen molar-refractivity contribution in [1.82, 2.24) is 0 Å². The van der Waals surface area contributed by atoms with Crippen molar-refractivity contribution in [3.8, 4) is 0 Å². The molecule has 0 nitrogen and oxygen atoms in total. The van der Waals surface area contributed by atoms with Gasteiger partial charge in [-0.25, -0.2) is 0 Å². The molecule has 0 aliphatic heterocycles. The summed E-state index contributed by atoms with van der Waals surface area (Å²) < 4.78 is 0. The van der Waals surface area contributed by atoms with E-state index in [4.69, 9.17) is 20.8 Å². The summed E-state index contributed by atoms with van der Waals surface area (Å²) in [6.45, 7) is 0. The zero-order valence-electron chi connectivity index (χ0n) is 3.71. The Morgan fingerprint density at radius 3 is 1.17 bits per heavy atom. The van der Waals surface area contributed by atoms with Gasteiger partial charge in [-0.3, -0.25) is 0 Å². The van der Waals surface area contributed by atoms with Gasteiger partial charge in [-0.05, 0) is 0 Å². The first kappa shape index (κ1) is 7.56. The second kappa shape index (κ2) is 3.55. The molecule has 0 heterocycles. The van der Waals surface area contributed by atoms with Crippen LogP contribution in [-0.4, -0.2) is 20.7 Å². The average Bonchev–Trinajstić information content (AvgIpc) is 1.36. The number of rotatable bonds is 0. The van der Waals surface area contributed by atoms with E-state index in [1.807, 2.05) is 0 Å². The summed E-state index contributed by atoms with van der Waals surface area (Å²) in [7, 11) is 8.51. The molecule has 0 rings (SSSR count). The second-order valence-corrected chi connectivity index (χ2v) is 29.7. The molecule has 0 N–H and O–H groups in total. The summed E-state index contributed by atoms with van der Waals surface area (Å²) in [6.07, 6.45) is 0. The van der Waals surface area contributed by atoms with E-state index in [1.54, 1.807) is 0 Å². The van der Waals surface area contributed by atoms with Crippen LogP contribution in [0.15, 0.2) is 0 Å². The first-order valence-corrected chi connectivity index (χ1v) is 15.7. The van der Waals surface area contributed by atoms with Crippen molar-refractivity contribution >= 4 is 41.5 Å². The Labute approximate surface area is 52.6 Å². The van der Waals surface area contributed by atoms with Crippen LogP contribution in [0.4, 0.5) is 0 Å². The Hall–Kier alpha value is 1.56. The molecule has 0 amide bonds. The minimum atomic E-state index is -0.755. The van der Waals surface area contributed by atoms with E-state index >= 15 is 0 Å². The SMILES string of the molecule is C/[As](=S)=[As](/C)=S. The first-order chi connectivity index (χ1) is 2.64. The van der Waals surface area contributed by atoms with Gasteiger partial charge in [-0.15, -0.1) is 0 Å². The molecule has 6 heavy (non-hydrogen) atoms. The maximum atomic E-state index is 5.01. The van der Waals surface area contributed by atoms with Gasteiger partial charge in [-0.1, -0.05) is 0 Å². The zero-order chi connectivity index (χ0) is 5.15. The first-order valence-electron chi connectivity index (χ1n) is 1.46. The van der Waals surface area contributed by atoms with Gasteiger partial charge in [0.25, 0.3) is 0 Å². The molecule has 0 bridgehead atoms. The molecule has 36 valence electrons. The molecule has 0 saturated heterocycles. The Morgan fingerprint density at radius 1 is 1.00 bits per heavy atom. The van der Waals surface area contributed by atoms with Crippen LogP contribution in [0.2, 0.25) is 11.4 Å². The van der Waals surface area contributed by atoms with Crippen LogP contribution in [0.3, 0.4) is 0 Å². The molecule has 0 radical (unpaired) electrons. The van der Waals surface area contributed by atoms with Crippen molar-refractivity contribution in [2.24, 2.45) is 0 Å². The van der Waals surface area contributed by atoms with Gasteiger partial charge in [0.2, 0.25) is 0 Å². The van der Waals surface area contributed by atoms with Gasteiger partial charge in [0, 0.05) is 0 Å². The third-order valence-corrected chi connectivity index (χ3v) is 26.7. The summed E-state index contributed by atoms with van der Waals surface area (Å²) in [4.78, 5) is 0. The van der Waals surface area contributed by atoms with Crippen LogP contribution < -0.4 is 0 Å². The molecule has 4 heteroatoms. The van der Waals surface area contributed by atoms with Crippen LogP contribution in [-0.2, 0) is 0 Å². The molecule has 2 atom stereocenters. The van der Waals surface area contributed by atoms with E-state index in [1.165, 1.54) is 0 Å². The van der Waals surface area contributed by atoms with E-state index in [0.717, 1.165) is 0 Å². The van der Waals surface area contributed by atoms with Crippen molar-refractivity contribution in [2.75, 3.05) is 0 Å². The Morgan fingerprint density at radius 2 is 1.17 bits per heavy atom. The second-order valence-electron chi connectivity index (χ2n) is 0.928. The molecule has 0 saturated carbocycles. The average molecular weight is 244 g/mol. The van der Waals surface area contributed by atoms with E-state index < -0.39 is 20.7 Å². The Kier molecular flexibility index (Phi) is 4.47. The standard InChI is InChI=1S/C2H6As2S2/c1-3(5)4(2)6/h1-2H3. The van der Waals surface area contributed by atoms with Gasteiger partial charge < -0.3 is 0 Å². The molecular formula is C2H6As2S2. The molecule has 0 aromatic heterocycles. The number of hydrogen-bond acceptors (Lipinski definition) is 2. The van der Waals surface area contributed by atoms with Crippen LogP contribution in [0.25, 0.3) is 0 Å². The summed E-state index contributed by atoms with van der Waals surface area (Å²) >= 11 is 0. The fraction of sp³-hybridized carbons (Fsp3) is 1.00. The molecule has 0 aliphatic rings. The quantitative estimate of drug-likeness (QED) is 0.595. The van der Waals surface area contributed by atoms with Gasteiger partial charge in [0.1, 0.15) is 0 Å². The summed E-state index contributed by atoms with van der Waals surface area (Å²) in [6, 6.07) is 0. The number of hydrogen-bond donors (Lipinski definition) is 0. The Bertz CT molecular complexity index is 129. The van der Waals surface area contributed by atoms with Gasteiger partial charge in [-0.2, -0.15) is 0 Å². The monoisotopic (exact) mass is 244 g/mol. The van der Waals surface area contributed by atoms with E-state index in [0.29, 0.717) is 0 Å². The van der Waals surface area contributed by atoms with Crippen LogP contribution in [0, 0.1) is 0 Å². The van der Waals surface area contributed by atoms with Gasteiger partial charge in [0.15, 0.2) is 0 Å². The van der Waals surface area contributed by atoms with Gasteiger partial charge >= 0.3 is 52.9 Å². The summed E-state index contributed by atoms with van der Waals surface area (Å²) in [5.74, 6) is 0. The van der Waals surface area contributed by atoms with Crippen molar-refractivity contribution in [2.45, 2.75) is 11.4 Å². The van der Waals surface area contributed by atoms with Crippen LogP contribution >= 0.6 is 20.8 Å². The molecule has 0 aromatic rings. The van der Waals surface area contributed by atoms with E-state index in [-0.39, 0.29) is 0 Å². The third kappa shape index (κ3) is 3.74. The third-order valence-electron chi connectivity index (χ3n) is 0.397. The molecule has 0 aliphatic carbocycles.